The standard InChI is InChI=1S/C6H14N2OS/c1-2-7-6(9)8-4-3-5-10/h10H,2-5H2,1H3,(H2,7,8,9). The average molecular weight is 162 g/mol. The van der Waals surface area contributed by atoms with Gasteiger partial charge >= 0.3 is 6.03 Å². The molecule has 0 aromatic heterocycles. The lowest BCUT2D eigenvalue weighted by molar-refractivity contribution is 0.241. The van der Waals surface area contributed by atoms with Crippen molar-refractivity contribution in [3.63, 3.8) is 0 Å². The number of urea groups is 1. The molecule has 0 bridgehead atoms. The summed E-state index contributed by atoms with van der Waals surface area (Å²) in [5, 5.41) is 5.31. The van der Waals surface area contributed by atoms with Gasteiger partial charge < -0.3 is 10.6 Å². The topological polar surface area (TPSA) is 41.1 Å². The quantitative estimate of drug-likeness (QED) is 0.412. The van der Waals surface area contributed by atoms with Gasteiger partial charge in [-0.1, -0.05) is 0 Å². The van der Waals surface area contributed by atoms with Crippen LogP contribution in [-0.2, 0) is 0 Å². The summed E-state index contributed by atoms with van der Waals surface area (Å²) in [6, 6.07) is -0.0933. The molecule has 4 heteroatoms. The molecule has 0 spiro atoms. The fourth-order valence-electron chi connectivity index (χ4n) is 0.504. The molecule has 60 valence electrons. The molecule has 0 aliphatic rings. The minimum Gasteiger partial charge on any atom is -0.338 e. The van der Waals surface area contributed by atoms with E-state index in [9.17, 15) is 4.79 Å². The summed E-state index contributed by atoms with van der Waals surface area (Å²) in [5.74, 6) is 0.812. The molecule has 10 heavy (non-hydrogen) atoms. The highest BCUT2D eigenvalue weighted by atomic mass is 32.1. The zero-order valence-electron chi connectivity index (χ0n) is 6.18. The first-order valence-electron chi connectivity index (χ1n) is 3.43. The fraction of sp³-hybridized carbons (Fsp3) is 0.833. The Morgan fingerprint density at radius 1 is 1.50 bits per heavy atom. The van der Waals surface area contributed by atoms with Crippen molar-refractivity contribution in [1.29, 1.82) is 0 Å². The Morgan fingerprint density at radius 2 is 2.20 bits per heavy atom. The van der Waals surface area contributed by atoms with E-state index in [-0.39, 0.29) is 6.03 Å². The van der Waals surface area contributed by atoms with E-state index in [0.29, 0.717) is 13.1 Å². The molecule has 3 nitrogen and oxygen atoms in total. The summed E-state index contributed by atoms with van der Waals surface area (Å²) < 4.78 is 0. The number of carbonyl (C=O) groups excluding carboxylic acids is 1. The van der Waals surface area contributed by atoms with Crippen molar-refractivity contribution in [2.45, 2.75) is 13.3 Å². The van der Waals surface area contributed by atoms with Gasteiger partial charge in [-0.15, -0.1) is 0 Å². The lowest BCUT2D eigenvalue weighted by Gasteiger charge is -2.03. The molecule has 0 atom stereocenters. The third kappa shape index (κ3) is 5.75. The second-order valence-electron chi connectivity index (χ2n) is 1.86. The highest BCUT2D eigenvalue weighted by molar-refractivity contribution is 7.80. The molecule has 0 unspecified atom stereocenters. The van der Waals surface area contributed by atoms with E-state index in [1.165, 1.54) is 0 Å². The van der Waals surface area contributed by atoms with Crippen LogP contribution < -0.4 is 10.6 Å². The number of hydrogen-bond donors (Lipinski definition) is 3. The molecule has 2 N–H and O–H groups in total. The van der Waals surface area contributed by atoms with E-state index < -0.39 is 0 Å². The number of carbonyl (C=O) groups is 1. The zero-order chi connectivity index (χ0) is 7.82. The van der Waals surface area contributed by atoms with Crippen molar-refractivity contribution in [2.24, 2.45) is 0 Å². The molecule has 0 fully saturated rings. The van der Waals surface area contributed by atoms with E-state index in [2.05, 4.69) is 23.3 Å². The van der Waals surface area contributed by atoms with E-state index >= 15 is 0 Å². The van der Waals surface area contributed by atoms with E-state index in [0.717, 1.165) is 12.2 Å². The van der Waals surface area contributed by atoms with Crippen LogP contribution >= 0.6 is 12.6 Å². The van der Waals surface area contributed by atoms with Crippen LogP contribution in [-0.4, -0.2) is 24.9 Å². The smallest absolute Gasteiger partial charge is 0.314 e. The van der Waals surface area contributed by atoms with Gasteiger partial charge in [0.2, 0.25) is 0 Å². The summed E-state index contributed by atoms with van der Waals surface area (Å²) >= 11 is 4.00. The van der Waals surface area contributed by atoms with Crippen molar-refractivity contribution in [2.75, 3.05) is 18.8 Å². The number of nitrogens with one attached hydrogen (secondary N) is 2. The normalized spacial score (nSPS) is 9.00. The molecule has 0 aliphatic carbocycles. The molecule has 2 amide bonds. The summed E-state index contributed by atoms with van der Waals surface area (Å²) in [6.45, 7) is 3.26. The number of thiol groups is 1. The van der Waals surface area contributed by atoms with Crippen LogP contribution in [0.25, 0.3) is 0 Å². The molecule has 0 saturated carbocycles. The molecule has 0 aromatic carbocycles. The summed E-state index contributed by atoms with van der Waals surface area (Å²) in [7, 11) is 0. The van der Waals surface area contributed by atoms with Crippen molar-refractivity contribution in [1.82, 2.24) is 10.6 Å². The Balaban J connectivity index is 3.05. The SMILES string of the molecule is CCNC(=O)NCCCS. The Labute approximate surface area is 67.0 Å². The van der Waals surface area contributed by atoms with Gasteiger partial charge in [-0.2, -0.15) is 12.6 Å². The maximum absolute atomic E-state index is 10.7. The van der Waals surface area contributed by atoms with Gasteiger partial charge in [-0.3, -0.25) is 0 Å². The van der Waals surface area contributed by atoms with Crippen molar-refractivity contribution < 1.29 is 4.79 Å². The Morgan fingerprint density at radius 3 is 2.70 bits per heavy atom. The average Bonchev–Trinajstić information content (AvgIpc) is 1.89. The number of amides is 2. The monoisotopic (exact) mass is 162 g/mol. The van der Waals surface area contributed by atoms with Crippen molar-refractivity contribution in [3.05, 3.63) is 0 Å². The van der Waals surface area contributed by atoms with Crippen LogP contribution in [0.4, 0.5) is 4.79 Å². The Bertz CT molecular complexity index is 97.7. The number of rotatable bonds is 4. The lowest BCUT2D eigenvalue weighted by atomic mass is 10.5. The molecule has 0 aromatic rings. The first-order valence-corrected chi connectivity index (χ1v) is 4.07. The summed E-state index contributed by atoms with van der Waals surface area (Å²) in [5.41, 5.74) is 0. The highest BCUT2D eigenvalue weighted by Crippen LogP contribution is 1.79. The lowest BCUT2D eigenvalue weighted by Crippen LogP contribution is -2.35. The van der Waals surface area contributed by atoms with Crippen molar-refractivity contribution >= 4 is 18.7 Å². The number of hydrogen-bond acceptors (Lipinski definition) is 2. The summed E-state index contributed by atoms with van der Waals surface area (Å²) in [4.78, 5) is 10.7. The molecule has 0 aliphatic heterocycles. The van der Waals surface area contributed by atoms with Gasteiger partial charge in [0.15, 0.2) is 0 Å². The third-order valence-corrected chi connectivity index (χ3v) is 1.27. The fourth-order valence-corrected chi connectivity index (χ4v) is 0.662. The zero-order valence-corrected chi connectivity index (χ0v) is 7.08. The van der Waals surface area contributed by atoms with E-state index in [1.807, 2.05) is 6.92 Å². The maximum atomic E-state index is 10.7. The van der Waals surface area contributed by atoms with Gasteiger partial charge in [0.1, 0.15) is 0 Å². The van der Waals surface area contributed by atoms with Crippen LogP contribution in [0.5, 0.6) is 0 Å². The van der Waals surface area contributed by atoms with E-state index in [4.69, 9.17) is 0 Å². The minimum absolute atomic E-state index is 0.0933. The first kappa shape index (κ1) is 9.62. The van der Waals surface area contributed by atoms with Crippen molar-refractivity contribution in [3.8, 4) is 0 Å². The van der Waals surface area contributed by atoms with Crippen LogP contribution in [0.2, 0.25) is 0 Å². The van der Waals surface area contributed by atoms with Gasteiger partial charge in [-0.25, -0.2) is 4.79 Å². The second kappa shape index (κ2) is 6.74. The predicted molar refractivity (Wildman–Crippen MR) is 45.5 cm³/mol. The minimum atomic E-state index is -0.0933. The third-order valence-electron chi connectivity index (χ3n) is 0.958. The van der Waals surface area contributed by atoms with Gasteiger partial charge in [0.05, 0.1) is 0 Å². The first-order chi connectivity index (χ1) is 4.81. The molecular formula is C6H14N2OS. The highest BCUT2D eigenvalue weighted by Gasteiger charge is 1.93. The largest absolute Gasteiger partial charge is 0.338 e. The van der Waals surface area contributed by atoms with Gasteiger partial charge in [0, 0.05) is 13.1 Å². The molecule has 0 radical (unpaired) electrons. The second-order valence-corrected chi connectivity index (χ2v) is 2.31. The summed E-state index contributed by atoms with van der Waals surface area (Å²) in [6.07, 6.45) is 0.917. The van der Waals surface area contributed by atoms with Crippen LogP contribution in [0.1, 0.15) is 13.3 Å². The molecule has 0 heterocycles. The van der Waals surface area contributed by atoms with Crippen LogP contribution in [0, 0.1) is 0 Å². The van der Waals surface area contributed by atoms with Crippen LogP contribution in [0.3, 0.4) is 0 Å². The van der Waals surface area contributed by atoms with Crippen LogP contribution in [0.15, 0.2) is 0 Å². The Hall–Kier alpha value is -0.380. The van der Waals surface area contributed by atoms with Gasteiger partial charge in [-0.05, 0) is 19.1 Å². The predicted octanol–water partition coefficient (Wildman–Crippen LogP) is 0.625. The molecule has 0 rings (SSSR count). The Kier molecular flexibility index (Phi) is 6.48. The molecular weight excluding hydrogens is 148 g/mol. The maximum Gasteiger partial charge on any atom is 0.314 e. The molecule has 0 saturated heterocycles. The van der Waals surface area contributed by atoms with E-state index in [1.54, 1.807) is 0 Å². The van der Waals surface area contributed by atoms with Gasteiger partial charge in [0.25, 0.3) is 0 Å².